The molecule has 2 saturated carbocycles. The summed E-state index contributed by atoms with van der Waals surface area (Å²) in [4.78, 5) is 27.8. The van der Waals surface area contributed by atoms with E-state index in [2.05, 4.69) is 4.98 Å². The van der Waals surface area contributed by atoms with Crippen LogP contribution in [-0.2, 0) is 4.74 Å². The molecule has 21 heavy (non-hydrogen) atoms. The molecule has 1 aromatic heterocycles. The van der Waals surface area contributed by atoms with Crippen LogP contribution in [0, 0.1) is 0 Å². The molecule has 2 atom stereocenters. The number of nitrogens with zero attached hydrogens (tertiary/aromatic N) is 1. The van der Waals surface area contributed by atoms with Crippen LogP contribution in [0.15, 0.2) is 9.59 Å². The fourth-order valence-electron chi connectivity index (χ4n) is 3.88. The van der Waals surface area contributed by atoms with Crippen LogP contribution < -0.4 is 11.2 Å². The molecule has 3 rings (SSSR count). The Kier molecular flexibility index (Phi) is 4.22. The van der Waals surface area contributed by atoms with Gasteiger partial charge in [-0.2, -0.15) is 0 Å². The number of halogens is 1. The molecule has 2 aliphatic carbocycles. The lowest BCUT2D eigenvalue weighted by Crippen LogP contribution is -2.43. The number of H-pyrrole nitrogens is 1. The Morgan fingerprint density at radius 1 is 1.14 bits per heavy atom. The Hall–Kier alpha value is -1.07. The lowest BCUT2D eigenvalue weighted by molar-refractivity contribution is 0.0721. The summed E-state index contributed by atoms with van der Waals surface area (Å²) in [5, 5.41) is 0.222. The third-order valence-corrected chi connectivity index (χ3v) is 5.23. The van der Waals surface area contributed by atoms with Gasteiger partial charge in [-0.05, 0) is 38.0 Å². The molecule has 0 aliphatic heterocycles. The number of hydrogen-bond donors (Lipinski definition) is 1. The first-order valence-corrected chi connectivity index (χ1v) is 8.08. The topological polar surface area (TPSA) is 64.1 Å². The molecule has 1 heterocycles. The largest absolute Gasteiger partial charge is 0.379 e. The SMILES string of the molecule is COC1CCCC1n1c(=O)[nH]c(Cl)c(C2CCCC2)c1=O. The van der Waals surface area contributed by atoms with Crippen molar-refractivity contribution in [2.75, 3.05) is 7.11 Å². The number of ether oxygens (including phenoxy) is 1. The maximum Gasteiger partial charge on any atom is 0.329 e. The van der Waals surface area contributed by atoms with E-state index >= 15 is 0 Å². The summed E-state index contributed by atoms with van der Waals surface area (Å²) < 4.78 is 6.79. The third-order valence-electron chi connectivity index (χ3n) is 4.94. The average Bonchev–Trinajstić information content (AvgIpc) is 3.09. The Balaban J connectivity index is 2.10. The standard InChI is InChI=1S/C15H21ClN2O3/c1-21-11-8-4-7-10(11)18-14(19)12(9-5-2-3-6-9)13(16)17-15(18)20/h9-11H,2-8H2,1H3,(H,17,20). The molecule has 6 heteroatoms. The van der Waals surface area contributed by atoms with Crippen molar-refractivity contribution in [1.29, 1.82) is 0 Å². The highest BCUT2D eigenvalue weighted by atomic mass is 35.5. The molecule has 0 bridgehead atoms. The molecular formula is C15H21ClN2O3. The maximum absolute atomic E-state index is 12.8. The zero-order valence-electron chi connectivity index (χ0n) is 12.2. The fraction of sp³-hybridized carbons (Fsp3) is 0.733. The van der Waals surface area contributed by atoms with E-state index in [0.717, 1.165) is 44.9 Å². The van der Waals surface area contributed by atoms with E-state index in [1.807, 2.05) is 0 Å². The highest BCUT2D eigenvalue weighted by Crippen LogP contribution is 2.35. The maximum atomic E-state index is 12.8. The summed E-state index contributed by atoms with van der Waals surface area (Å²) in [7, 11) is 1.63. The van der Waals surface area contributed by atoms with Gasteiger partial charge in [0.15, 0.2) is 0 Å². The van der Waals surface area contributed by atoms with Gasteiger partial charge in [0.2, 0.25) is 0 Å². The van der Waals surface area contributed by atoms with Gasteiger partial charge in [0.05, 0.1) is 17.7 Å². The van der Waals surface area contributed by atoms with Crippen LogP contribution in [0.2, 0.25) is 5.15 Å². The first kappa shape index (κ1) is 14.9. The Labute approximate surface area is 128 Å². The van der Waals surface area contributed by atoms with Crippen molar-refractivity contribution < 1.29 is 4.74 Å². The van der Waals surface area contributed by atoms with Gasteiger partial charge in [0, 0.05) is 7.11 Å². The highest BCUT2D eigenvalue weighted by Gasteiger charge is 2.33. The third kappa shape index (κ3) is 2.57. The molecule has 1 aromatic rings. The fourth-order valence-corrected chi connectivity index (χ4v) is 4.20. The van der Waals surface area contributed by atoms with Crippen molar-refractivity contribution >= 4 is 11.6 Å². The van der Waals surface area contributed by atoms with Gasteiger partial charge < -0.3 is 4.74 Å². The van der Waals surface area contributed by atoms with Gasteiger partial charge in [-0.1, -0.05) is 24.4 Å². The average molecular weight is 313 g/mol. The molecular weight excluding hydrogens is 292 g/mol. The Morgan fingerprint density at radius 2 is 1.86 bits per heavy atom. The zero-order chi connectivity index (χ0) is 15.0. The second-order valence-electron chi connectivity index (χ2n) is 6.09. The van der Waals surface area contributed by atoms with Crippen LogP contribution in [0.3, 0.4) is 0 Å². The van der Waals surface area contributed by atoms with Gasteiger partial charge in [0.1, 0.15) is 5.15 Å². The van der Waals surface area contributed by atoms with Crippen LogP contribution in [0.5, 0.6) is 0 Å². The van der Waals surface area contributed by atoms with Crippen molar-refractivity contribution in [3.8, 4) is 0 Å². The minimum Gasteiger partial charge on any atom is -0.379 e. The number of aromatic amines is 1. The van der Waals surface area contributed by atoms with Crippen molar-refractivity contribution in [3.05, 3.63) is 31.6 Å². The lowest BCUT2D eigenvalue weighted by Gasteiger charge is -2.21. The summed E-state index contributed by atoms with van der Waals surface area (Å²) in [6, 6.07) is -0.177. The number of nitrogens with one attached hydrogen (secondary N) is 1. The minimum absolute atomic E-state index is 0.0681. The van der Waals surface area contributed by atoms with Gasteiger partial charge in [-0.3, -0.25) is 14.3 Å². The van der Waals surface area contributed by atoms with Crippen molar-refractivity contribution in [2.24, 2.45) is 0 Å². The quantitative estimate of drug-likeness (QED) is 0.873. The number of hydrogen-bond acceptors (Lipinski definition) is 3. The van der Waals surface area contributed by atoms with E-state index in [9.17, 15) is 9.59 Å². The van der Waals surface area contributed by atoms with E-state index in [4.69, 9.17) is 16.3 Å². The van der Waals surface area contributed by atoms with Crippen LogP contribution in [0.1, 0.15) is 62.5 Å². The first-order valence-electron chi connectivity index (χ1n) is 7.70. The molecule has 2 aliphatic rings. The normalized spacial score (nSPS) is 26.6. The molecule has 0 spiro atoms. The van der Waals surface area contributed by atoms with Crippen molar-refractivity contribution in [1.82, 2.24) is 9.55 Å². The second kappa shape index (κ2) is 5.97. The molecule has 0 amide bonds. The molecule has 1 N–H and O–H groups in total. The minimum atomic E-state index is -0.416. The second-order valence-corrected chi connectivity index (χ2v) is 6.46. The van der Waals surface area contributed by atoms with Gasteiger partial charge in [0.25, 0.3) is 5.56 Å². The van der Waals surface area contributed by atoms with E-state index in [-0.39, 0.29) is 28.8 Å². The molecule has 0 aromatic carbocycles. The summed E-state index contributed by atoms with van der Waals surface area (Å²) in [5.41, 5.74) is -0.0409. The monoisotopic (exact) mass is 312 g/mol. The molecule has 2 fully saturated rings. The Bertz CT molecular complexity index is 631. The number of rotatable bonds is 3. The zero-order valence-corrected chi connectivity index (χ0v) is 13.0. The lowest BCUT2D eigenvalue weighted by atomic mass is 10.0. The highest BCUT2D eigenvalue weighted by molar-refractivity contribution is 6.30. The summed E-state index contributed by atoms with van der Waals surface area (Å²) >= 11 is 6.16. The molecule has 116 valence electrons. The predicted octanol–water partition coefficient (Wildman–Crippen LogP) is 2.59. The molecule has 2 unspecified atom stereocenters. The van der Waals surface area contributed by atoms with Crippen LogP contribution in [-0.4, -0.2) is 22.8 Å². The summed E-state index contributed by atoms with van der Waals surface area (Å²) in [6.07, 6.45) is 6.76. The van der Waals surface area contributed by atoms with Crippen LogP contribution >= 0.6 is 11.6 Å². The van der Waals surface area contributed by atoms with Gasteiger partial charge >= 0.3 is 5.69 Å². The molecule has 5 nitrogen and oxygen atoms in total. The smallest absolute Gasteiger partial charge is 0.329 e. The Morgan fingerprint density at radius 3 is 2.52 bits per heavy atom. The first-order chi connectivity index (χ1) is 10.1. The van der Waals surface area contributed by atoms with E-state index in [1.54, 1.807) is 7.11 Å². The number of aromatic nitrogens is 2. The van der Waals surface area contributed by atoms with Crippen LogP contribution in [0.4, 0.5) is 0 Å². The predicted molar refractivity (Wildman–Crippen MR) is 81.2 cm³/mol. The summed E-state index contributed by atoms with van der Waals surface area (Å²) in [6.45, 7) is 0. The molecule has 0 saturated heterocycles. The summed E-state index contributed by atoms with van der Waals surface area (Å²) in [5.74, 6) is 0.176. The van der Waals surface area contributed by atoms with Crippen molar-refractivity contribution in [2.45, 2.75) is 63.0 Å². The van der Waals surface area contributed by atoms with Gasteiger partial charge in [-0.25, -0.2) is 4.79 Å². The van der Waals surface area contributed by atoms with E-state index < -0.39 is 5.69 Å². The van der Waals surface area contributed by atoms with E-state index in [1.165, 1.54) is 4.57 Å². The van der Waals surface area contributed by atoms with Gasteiger partial charge in [-0.15, -0.1) is 0 Å². The van der Waals surface area contributed by atoms with E-state index in [0.29, 0.717) is 5.56 Å². The van der Waals surface area contributed by atoms with Crippen LogP contribution in [0.25, 0.3) is 0 Å². The number of methoxy groups -OCH3 is 1. The van der Waals surface area contributed by atoms with Crippen molar-refractivity contribution in [3.63, 3.8) is 0 Å². The molecule has 0 radical (unpaired) electrons.